The molecule has 0 spiro atoms. The van der Waals surface area contributed by atoms with Gasteiger partial charge in [-0.25, -0.2) is 0 Å². The molecule has 0 N–H and O–H groups in total. The maximum absolute atomic E-state index is 12.6. The summed E-state index contributed by atoms with van der Waals surface area (Å²) in [7, 11) is 0. The Kier molecular flexibility index (Phi) is 5.49. The van der Waals surface area contributed by atoms with E-state index in [-0.39, 0.29) is 27.1 Å². The summed E-state index contributed by atoms with van der Waals surface area (Å²) in [4.78, 5) is 52.0. The second kappa shape index (κ2) is 8.08. The van der Waals surface area contributed by atoms with Gasteiger partial charge in [0.1, 0.15) is 6.54 Å². The molecule has 0 fully saturated rings. The molecule has 0 radical (unpaired) electrons. The number of para-hydroxylation sites is 1. The van der Waals surface area contributed by atoms with Crippen molar-refractivity contribution < 1.29 is 23.9 Å². The van der Waals surface area contributed by atoms with Gasteiger partial charge in [-0.1, -0.05) is 41.4 Å². The lowest BCUT2D eigenvalue weighted by Gasteiger charge is -2.29. The molecule has 2 aliphatic heterocycles. The number of hydrogen-bond donors (Lipinski definition) is 0. The first-order chi connectivity index (χ1) is 14.4. The van der Waals surface area contributed by atoms with Crippen LogP contribution in [0.5, 0.6) is 0 Å². The third-order valence-electron chi connectivity index (χ3n) is 5.07. The number of nitrogens with zero attached hydrogens (tertiary/aromatic N) is 2. The van der Waals surface area contributed by atoms with Crippen LogP contribution in [0.15, 0.2) is 36.4 Å². The summed E-state index contributed by atoms with van der Waals surface area (Å²) in [5.41, 5.74) is 2.01. The van der Waals surface area contributed by atoms with Gasteiger partial charge in [-0.15, -0.1) is 0 Å². The molecule has 154 valence electrons. The third-order valence-corrected chi connectivity index (χ3v) is 5.79. The summed E-state index contributed by atoms with van der Waals surface area (Å²) in [6, 6.07) is 10.2. The largest absolute Gasteiger partial charge is 0.454 e. The van der Waals surface area contributed by atoms with E-state index in [1.165, 1.54) is 12.1 Å². The quantitative estimate of drug-likeness (QED) is 0.532. The molecule has 3 amide bonds. The number of rotatable bonds is 4. The molecule has 2 aromatic carbocycles. The second-order valence-corrected chi connectivity index (χ2v) is 7.76. The molecule has 0 aromatic heterocycles. The molecule has 2 aliphatic rings. The van der Waals surface area contributed by atoms with E-state index in [9.17, 15) is 19.2 Å². The van der Waals surface area contributed by atoms with Gasteiger partial charge in [0, 0.05) is 12.2 Å². The van der Waals surface area contributed by atoms with Crippen molar-refractivity contribution in [3.63, 3.8) is 0 Å². The number of imide groups is 1. The first kappa shape index (κ1) is 20.4. The number of hydrogen-bond acceptors (Lipinski definition) is 5. The predicted octanol–water partition coefficient (Wildman–Crippen LogP) is 3.11. The minimum Gasteiger partial charge on any atom is -0.454 e. The summed E-state index contributed by atoms with van der Waals surface area (Å²) >= 11 is 11.8. The fourth-order valence-electron chi connectivity index (χ4n) is 3.61. The van der Waals surface area contributed by atoms with Crippen molar-refractivity contribution in [1.82, 2.24) is 4.90 Å². The van der Waals surface area contributed by atoms with Crippen LogP contribution in [0.2, 0.25) is 10.0 Å². The van der Waals surface area contributed by atoms with Crippen molar-refractivity contribution >= 4 is 52.6 Å². The highest BCUT2D eigenvalue weighted by Gasteiger charge is 2.38. The molecule has 30 heavy (non-hydrogen) atoms. The molecule has 2 aromatic rings. The number of esters is 1. The first-order valence-corrected chi connectivity index (χ1v) is 10.0. The van der Waals surface area contributed by atoms with Gasteiger partial charge in [0.05, 0.1) is 21.2 Å². The number of carbonyl (C=O) groups excluding carboxylic acids is 4. The van der Waals surface area contributed by atoms with Gasteiger partial charge in [0.15, 0.2) is 6.61 Å². The summed E-state index contributed by atoms with van der Waals surface area (Å²) in [5, 5.41) is 0.266. The molecule has 0 unspecified atom stereocenters. The average Bonchev–Trinajstić information content (AvgIpc) is 2.96. The molecule has 0 aliphatic carbocycles. The monoisotopic (exact) mass is 446 g/mol. The van der Waals surface area contributed by atoms with Gasteiger partial charge < -0.3 is 9.64 Å². The molecular weight excluding hydrogens is 431 g/mol. The molecule has 0 bridgehead atoms. The van der Waals surface area contributed by atoms with E-state index in [2.05, 4.69) is 0 Å². The molecule has 0 saturated heterocycles. The molecule has 0 saturated carbocycles. The van der Waals surface area contributed by atoms with E-state index >= 15 is 0 Å². The van der Waals surface area contributed by atoms with Gasteiger partial charge >= 0.3 is 5.97 Å². The van der Waals surface area contributed by atoms with E-state index in [1.807, 2.05) is 24.3 Å². The van der Waals surface area contributed by atoms with Crippen LogP contribution < -0.4 is 4.90 Å². The number of anilines is 1. The maximum Gasteiger partial charge on any atom is 0.326 e. The van der Waals surface area contributed by atoms with Gasteiger partial charge in [0.25, 0.3) is 17.7 Å². The van der Waals surface area contributed by atoms with Crippen molar-refractivity contribution in [2.45, 2.75) is 12.8 Å². The normalized spacial score (nSPS) is 15.1. The zero-order valence-electron chi connectivity index (χ0n) is 15.7. The van der Waals surface area contributed by atoms with Crippen LogP contribution in [-0.4, -0.2) is 48.3 Å². The molecule has 2 heterocycles. The number of halogens is 2. The zero-order chi connectivity index (χ0) is 21.4. The van der Waals surface area contributed by atoms with E-state index in [4.69, 9.17) is 27.9 Å². The van der Waals surface area contributed by atoms with E-state index < -0.39 is 30.9 Å². The highest BCUT2D eigenvalue weighted by molar-refractivity contribution is 6.43. The standard InChI is InChI=1S/C21H16Cl2N2O5/c22-15-8-13-14(9-16(15)23)21(29)25(20(13)28)10-19(27)30-11-18(26)24-7-3-5-12-4-1-2-6-17(12)24/h1-2,4,6,8-9H,3,5,7,10-11H2. The Hall–Kier alpha value is -2.90. The van der Waals surface area contributed by atoms with E-state index in [0.29, 0.717) is 6.54 Å². The first-order valence-electron chi connectivity index (χ1n) is 9.26. The number of aryl methyl sites for hydroxylation is 1. The Bertz CT molecular complexity index is 1040. The highest BCUT2D eigenvalue weighted by Crippen LogP contribution is 2.31. The minimum absolute atomic E-state index is 0.0724. The zero-order valence-corrected chi connectivity index (χ0v) is 17.2. The van der Waals surface area contributed by atoms with Gasteiger partial charge in [-0.3, -0.25) is 24.1 Å². The topological polar surface area (TPSA) is 84.0 Å². The van der Waals surface area contributed by atoms with E-state index in [0.717, 1.165) is 29.0 Å². The summed E-state index contributed by atoms with van der Waals surface area (Å²) in [6.45, 7) is -0.549. The number of fused-ring (bicyclic) bond motifs is 2. The third kappa shape index (κ3) is 3.66. The number of ether oxygens (including phenoxy) is 1. The number of benzene rings is 2. The van der Waals surface area contributed by atoms with Crippen LogP contribution >= 0.6 is 23.2 Å². The van der Waals surface area contributed by atoms with Crippen molar-refractivity contribution in [3.05, 3.63) is 63.1 Å². The van der Waals surface area contributed by atoms with E-state index in [1.54, 1.807) is 4.90 Å². The second-order valence-electron chi connectivity index (χ2n) is 6.95. The summed E-state index contributed by atoms with van der Waals surface area (Å²) in [6.07, 6.45) is 1.70. The van der Waals surface area contributed by atoms with Crippen LogP contribution in [0, 0.1) is 0 Å². The SMILES string of the molecule is O=C(CN1C(=O)c2cc(Cl)c(Cl)cc2C1=O)OCC(=O)N1CCCc2ccccc21. The fraction of sp³-hybridized carbons (Fsp3) is 0.238. The lowest BCUT2D eigenvalue weighted by molar-refractivity contribution is -0.148. The van der Waals surface area contributed by atoms with Gasteiger partial charge in [0.2, 0.25) is 0 Å². The van der Waals surface area contributed by atoms with Crippen LogP contribution in [0.4, 0.5) is 5.69 Å². The summed E-state index contributed by atoms with van der Waals surface area (Å²) < 4.78 is 5.05. The summed E-state index contributed by atoms with van der Waals surface area (Å²) in [5.74, 6) is -2.56. The Morgan fingerprint density at radius 2 is 1.63 bits per heavy atom. The minimum atomic E-state index is -0.861. The smallest absolute Gasteiger partial charge is 0.326 e. The van der Waals surface area contributed by atoms with Crippen LogP contribution in [0.25, 0.3) is 0 Å². The maximum atomic E-state index is 12.6. The predicted molar refractivity (Wildman–Crippen MR) is 110 cm³/mol. The molecule has 7 nitrogen and oxygen atoms in total. The Balaban J connectivity index is 1.39. The van der Waals surface area contributed by atoms with Crippen molar-refractivity contribution in [2.24, 2.45) is 0 Å². The van der Waals surface area contributed by atoms with Gasteiger partial charge in [-0.05, 0) is 36.6 Å². The van der Waals surface area contributed by atoms with Gasteiger partial charge in [-0.2, -0.15) is 0 Å². The number of amides is 3. The molecular formula is C21H16Cl2N2O5. The Labute approximate surface area is 182 Å². The fourth-order valence-corrected chi connectivity index (χ4v) is 3.94. The average molecular weight is 447 g/mol. The van der Waals surface area contributed by atoms with Crippen molar-refractivity contribution in [3.8, 4) is 0 Å². The van der Waals surface area contributed by atoms with Crippen molar-refractivity contribution in [2.75, 3.05) is 24.6 Å². The van der Waals surface area contributed by atoms with Crippen LogP contribution in [0.3, 0.4) is 0 Å². The van der Waals surface area contributed by atoms with Crippen molar-refractivity contribution in [1.29, 1.82) is 0 Å². The molecule has 0 atom stereocenters. The van der Waals surface area contributed by atoms with Crippen LogP contribution in [-0.2, 0) is 20.7 Å². The Morgan fingerprint density at radius 1 is 1.00 bits per heavy atom. The molecule has 9 heteroatoms. The molecule has 4 rings (SSSR count). The Morgan fingerprint density at radius 3 is 2.30 bits per heavy atom. The highest BCUT2D eigenvalue weighted by atomic mass is 35.5. The lowest BCUT2D eigenvalue weighted by Crippen LogP contribution is -2.40. The lowest BCUT2D eigenvalue weighted by atomic mass is 10.0. The van der Waals surface area contributed by atoms with Crippen LogP contribution in [0.1, 0.15) is 32.7 Å². The number of carbonyl (C=O) groups is 4.